The SMILES string of the molecule is CN=C(NCc1ccc(OCCOc2ccccc2)nc1)NCc1c(C)nn(C)c1C.I. The van der Waals surface area contributed by atoms with Gasteiger partial charge in [0, 0.05) is 50.7 Å². The van der Waals surface area contributed by atoms with E-state index in [2.05, 4.69) is 32.6 Å². The minimum atomic E-state index is 0. The van der Waals surface area contributed by atoms with Crippen molar-refractivity contribution in [1.29, 1.82) is 0 Å². The van der Waals surface area contributed by atoms with Crippen LogP contribution in [0.4, 0.5) is 0 Å². The Morgan fingerprint density at radius 1 is 1.00 bits per heavy atom. The van der Waals surface area contributed by atoms with Crippen LogP contribution in [0.3, 0.4) is 0 Å². The Hall–Kier alpha value is -2.82. The van der Waals surface area contributed by atoms with Gasteiger partial charge >= 0.3 is 0 Å². The molecule has 0 unspecified atom stereocenters. The zero-order chi connectivity index (χ0) is 22.1. The molecule has 0 atom stereocenters. The van der Waals surface area contributed by atoms with Gasteiger partial charge in [0.25, 0.3) is 0 Å². The predicted octanol–water partition coefficient (Wildman–Crippen LogP) is 3.37. The van der Waals surface area contributed by atoms with E-state index < -0.39 is 0 Å². The molecular formula is C23H31IN6O2. The average molecular weight is 550 g/mol. The maximum absolute atomic E-state index is 5.64. The van der Waals surface area contributed by atoms with Crippen LogP contribution in [0.1, 0.15) is 22.5 Å². The maximum Gasteiger partial charge on any atom is 0.213 e. The molecule has 0 spiro atoms. The first-order chi connectivity index (χ1) is 15.1. The second kappa shape index (κ2) is 12.9. The quantitative estimate of drug-likeness (QED) is 0.184. The summed E-state index contributed by atoms with van der Waals surface area (Å²) in [4.78, 5) is 8.64. The van der Waals surface area contributed by atoms with Crippen molar-refractivity contribution in [2.24, 2.45) is 12.0 Å². The van der Waals surface area contributed by atoms with Gasteiger partial charge in [-0.2, -0.15) is 5.10 Å². The first-order valence-electron chi connectivity index (χ1n) is 10.3. The van der Waals surface area contributed by atoms with Gasteiger partial charge in [0.1, 0.15) is 19.0 Å². The summed E-state index contributed by atoms with van der Waals surface area (Å²) >= 11 is 0. The van der Waals surface area contributed by atoms with Crippen LogP contribution < -0.4 is 20.1 Å². The molecule has 2 N–H and O–H groups in total. The molecule has 1 aromatic carbocycles. The molecular weight excluding hydrogens is 519 g/mol. The van der Waals surface area contributed by atoms with E-state index in [4.69, 9.17) is 9.47 Å². The molecule has 0 aliphatic carbocycles. The fourth-order valence-electron chi connectivity index (χ4n) is 3.08. The molecule has 0 aliphatic heterocycles. The Labute approximate surface area is 206 Å². The summed E-state index contributed by atoms with van der Waals surface area (Å²) in [5.74, 6) is 2.13. The highest BCUT2D eigenvalue weighted by Crippen LogP contribution is 2.12. The number of guanidine groups is 1. The molecule has 2 aromatic heterocycles. The lowest BCUT2D eigenvalue weighted by Crippen LogP contribution is -2.36. The third-order valence-corrected chi connectivity index (χ3v) is 4.92. The molecule has 0 amide bonds. The number of para-hydroxylation sites is 1. The number of aromatic nitrogens is 3. The van der Waals surface area contributed by atoms with E-state index in [1.165, 1.54) is 5.56 Å². The number of benzene rings is 1. The minimum Gasteiger partial charge on any atom is -0.490 e. The lowest BCUT2D eigenvalue weighted by molar-refractivity contribution is 0.212. The number of nitrogens with zero attached hydrogens (tertiary/aromatic N) is 4. The van der Waals surface area contributed by atoms with Crippen LogP contribution in [0.2, 0.25) is 0 Å². The molecule has 3 aromatic rings. The summed E-state index contributed by atoms with van der Waals surface area (Å²) < 4.78 is 13.1. The van der Waals surface area contributed by atoms with Gasteiger partial charge in [-0.25, -0.2) is 4.98 Å². The molecule has 0 saturated heterocycles. The van der Waals surface area contributed by atoms with E-state index in [-0.39, 0.29) is 24.0 Å². The highest BCUT2D eigenvalue weighted by Gasteiger charge is 2.09. The molecule has 0 radical (unpaired) electrons. The fourth-order valence-corrected chi connectivity index (χ4v) is 3.08. The zero-order valence-corrected chi connectivity index (χ0v) is 21.3. The summed E-state index contributed by atoms with van der Waals surface area (Å²) in [6, 6.07) is 13.5. The van der Waals surface area contributed by atoms with Gasteiger partial charge < -0.3 is 20.1 Å². The van der Waals surface area contributed by atoms with Crippen molar-refractivity contribution in [2.45, 2.75) is 26.9 Å². The van der Waals surface area contributed by atoms with E-state index in [0.29, 0.717) is 32.2 Å². The van der Waals surface area contributed by atoms with Crippen LogP contribution in [0, 0.1) is 13.8 Å². The predicted molar refractivity (Wildman–Crippen MR) is 137 cm³/mol. The van der Waals surface area contributed by atoms with Crippen molar-refractivity contribution in [2.75, 3.05) is 20.3 Å². The van der Waals surface area contributed by atoms with E-state index >= 15 is 0 Å². The molecule has 0 bridgehead atoms. The van der Waals surface area contributed by atoms with Gasteiger partial charge in [-0.05, 0) is 31.5 Å². The van der Waals surface area contributed by atoms with E-state index in [9.17, 15) is 0 Å². The van der Waals surface area contributed by atoms with E-state index in [1.54, 1.807) is 13.2 Å². The number of pyridine rings is 1. The smallest absolute Gasteiger partial charge is 0.213 e. The number of aliphatic imine (C=N–C) groups is 1. The number of halogens is 1. The molecule has 32 heavy (non-hydrogen) atoms. The summed E-state index contributed by atoms with van der Waals surface area (Å²) in [5, 5.41) is 11.1. The Bertz CT molecular complexity index is 990. The highest BCUT2D eigenvalue weighted by molar-refractivity contribution is 14.0. The summed E-state index contributed by atoms with van der Waals surface area (Å²) in [5.41, 5.74) is 4.39. The van der Waals surface area contributed by atoms with E-state index in [1.807, 2.05) is 61.1 Å². The van der Waals surface area contributed by atoms with E-state index in [0.717, 1.165) is 28.7 Å². The molecule has 0 saturated carbocycles. The first kappa shape index (κ1) is 25.4. The zero-order valence-electron chi connectivity index (χ0n) is 19.0. The number of nitrogens with one attached hydrogen (secondary N) is 2. The van der Waals surface area contributed by atoms with Crippen molar-refractivity contribution in [3.8, 4) is 11.6 Å². The molecule has 0 fully saturated rings. The standard InChI is InChI=1S/C23H30N6O2.HI/c1-17-21(18(2)29(4)28-17)16-27-23(24-3)26-15-19-10-11-22(25-14-19)31-13-12-30-20-8-6-5-7-9-20;/h5-11,14H,12-13,15-16H2,1-4H3,(H2,24,26,27);1H. The molecule has 2 heterocycles. The van der Waals surface area contributed by atoms with Crippen LogP contribution in [0.15, 0.2) is 53.7 Å². The second-order valence-electron chi connectivity index (χ2n) is 7.07. The van der Waals surface area contributed by atoms with Crippen molar-refractivity contribution >= 4 is 29.9 Å². The number of rotatable bonds is 9. The molecule has 9 heteroatoms. The highest BCUT2D eigenvalue weighted by atomic mass is 127. The Kier molecular flexibility index (Phi) is 10.3. The Morgan fingerprint density at radius 3 is 2.34 bits per heavy atom. The molecule has 8 nitrogen and oxygen atoms in total. The monoisotopic (exact) mass is 550 g/mol. The van der Waals surface area contributed by atoms with Gasteiger partial charge in [-0.3, -0.25) is 9.67 Å². The second-order valence-corrected chi connectivity index (χ2v) is 7.07. The summed E-state index contributed by atoms with van der Waals surface area (Å²) in [6.07, 6.45) is 1.79. The molecule has 172 valence electrons. The van der Waals surface area contributed by atoms with Crippen molar-refractivity contribution in [3.63, 3.8) is 0 Å². The topological polar surface area (TPSA) is 85.6 Å². The van der Waals surface area contributed by atoms with Crippen LogP contribution in [-0.4, -0.2) is 41.0 Å². The number of ether oxygens (including phenoxy) is 2. The largest absolute Gasteiger partial charge is 0.490 e. The third kappa shape index (κ3) is 7.40. The van der Waals surface area contributed by atoms with Gasteiger partial charge in [0.15, 0.2) is 5.96 Å². The van der Waals surface area contributed by atoms with Crippen molar-refractivity contribution in [1.82, 2.24) is 25.4 Å². The van der Waals surface area contributed by atoms with Crippen LogP contribution >= 0.6 is 24.0 Å². The molecule has 3 rings (SSSR count). The average Bonchev–Trinajstić information content (AvgIpc) is 3.04. The van der Waals surface area contributed by atoms with Gasteiger partial charge in [0.2, 0.25) is 5.88 Å². The first-order valence-corrected chi connectivity index (χ1v) is 10.3. The van der Waals surface area contributed by atoms with Crippen molar-refractivity contribution in [3.05, 3.63) is 71.2 Å². The lowest BCUT2D eigenvalue weighted by Gasteiger charge is -2.12. The van der Waals surface area contributed by atoms with Gasteiger partial charge in [-0.1, -0.05) is 24.3 Å². The fraction of sp³-hybridized carbons (Fsp3) is 0.348. The van der Waals surface area contributed by atoms with Crippen LogP contribution in [0.5, 0.6) is 11.6 Å². The van der Waals surface area contributed by atoms with Gasteiger partial charge in [-0.15, -0.1) is 24.0 Å². The summed E-state index contributed by atoms with van der Waals surface area (Å²) in [7, 11) is 3.71. The van der Waals surface area contributed by atoms with Gasteiger partial charge in [0.05, 0.1) is 5.69 Å². The van der Waals surface area contributed by atoms with Crippen molar-refractivity contribution < 1.29 is 9.47 Å². The molecule has 0 aliphatic rings. The summed E-state index contributed by atoms with van der Waals surface area (Å²) in [6.45, 7) is 6.26. The number of aryl methyl sites for hydroxylation is 2. The van der Waals surface area contributed by atoms with Crippen LogP contribution in [-0.2, 0) is 20.1 Å². The number of hydrogen-bond acceptors (Lipinski definition) is 5. The lowest BCUT2D eigenvalue weighted by atomic mass is 10.2. The normalized spacial score (nSPS) is 10.9. The Balaban J connectivity index is 0.00000363. The Morgan fingerprint density at radius 2 is 1.72 bits per heavy atom. The maximum atomic E-state index is 5.64. The number of hydrogen-bond donors (Lipinski definition) is 2. The minimum absolute atomic E-state index is 0. The van der Waals surface area contributed by atoms with Crippen LogP contribution in [0.25, 0.3) is 0 Å². The third-order valence-electron chi connectivity index (χ3n) is 4.92.